The summed E-state index contributed by atoms with van der Waals surface area (Å²) in [5.74, 6) is 0.562. The Hall–Kier alpha value is -3.39. The lowest BCUT2D eigenvalue weighted by molar-refractivity contribution is -0.123. The van der Waals surface area contributed by atoms with Crippen LogP contribution in [-0.2, 0) is 4.79 Å². The summed E-state index contributed by atoms with van der Waals surface area (Å²) in [6.45, 7) is 2.08. The van der Waals surface area contributed by atoms with Crippen LogP contribution < -0.4 is 5.32 Å². The van der Waals surface area contributed by atoms with E-state index in [4.69, 9.17) is 0 Å². The summed E-state index contributed by atoms with van der Waals surface area (Å²) in [6.07, 6.45) is 0. The van der Waals surface area contributed by atoms with Crippen LogP contribution >= 0.6 is 0 Å². The number of carbonyl (C=O) groups excluding carboxylic acids is 1. The number of hydrogen-bond acceptors (Lipinski definition) is 1. The van der Waals surface area contributed by atoms with Gasteiger partial charge in [-0.05, 0) is 34.4 Å². The van der Waals surface area contributed by atoms with Crippen molar-refractivity contribution in [2.75, 3.05) is 0 Å². The molecule has 1 fully saturated rings. The molecular weight excluding hydrogens is 366 g/mol. The third kappa shape index (κ3) is 3.39. The summed E-state index contributed by atoms with van der Waals surface area (Å²) in [4.78, 5) is 13.4. The zero-order valence-electron chi connectivity index (χ0n) is 17.0. The molecule has 0 aliphatic heterocycles. The van der Waals surface area contributed by atoms with Crippen molar-refractivity contribution in [3.05, 3.63) is 120 Å². The van der Waals surface area contributed by atoms with Gasteiger partial charge in [-0.3, -0.25) is 4.79 Å². The SMILES string of the molecule is C[C@H](NC(=O)C1[C@H](c2ccccc2)[C@H]1c1ccccc1)c1cccc2ccccc12. The van der Waals surface area contributed by atoms with Gasteiger partial charge in [-0.1, -0.05) is 103 Å². The average Bonchev–Trinajstić information content (AvgIpc) is 3.56. The lowest BCUT2D eigenvalue weighted by Crippen LogP contribution is -2.29. The fourth-order valence-electron chi connectivity index (χ4n) is 4.83. The fraction of sp³-hybridized carbons (Fsp3) is 0.179. The molecule has 0 aromatic heterocycles. The molecular formula is C28H25NO. The number of nitrogens with one attached hydrogen (secondary N) is 1. The molecule has 0 saturated heterocycles. The predicted octanol–water partition coefficient (Wildman–Crippen LogP) is 6.21. The summed E-state index contributed by atoms with van der Waals surface area (Å²) in [5.41, 5.74) is 3.64. The first-order valence-corrected chi connectivity index (χ1v) is 10.6. The van der Waals surface area contributed by atoms with E-state index in [2.05, 4.69) is 103 Å². The highest BCUT2D eigenvalue weighted by atomic mass is 16.2. The van der Waals surface area contributed by atoms with Crippen LogP contribution in [0.1, 0.15) is 41.5 Å². The van der Waals surface area contributed by atoms with Crippen LogP contribution in [0.3, 0.4) is 0 Å². The largest absolute Gasteiger partial charge is 0.349 e. The Bertz CT molecular complexity index is 1120. The molecule has 0 spiro atoms. The van der Waals surface area contributed by atoms with Gasteiger partial charge in [0.05, 0.1) is 12.0 Å². The summed E-state index contributed by atoms with van der Waals surface area (Å²) in [7, 11) is 0. The van der Waals surface area contributed by atoms with E-state index in [-0.39, 0.29) is 29.7 Å². The molecule has 0 radical (unpaired) electrons. The lowest BCUT2D eigenvalue weighted by atomic mass is 9.99. The molecule has 0 heterocycles. The van der Waals surface area contributed by atoms with Crippen LogP contribution in [0, 0.1) is 5.92 Å². The van der Waals surface area contributed by atoms with Crippen LogP contribution in [-0.4, -0.2) is 5.91 Å². The molecule has 1 saturated carbocycles. The Morgan fingerprint density at radius 1 is 0.700 bits per heavy atom. The van der Waals surface area contributed by atoms with Crippen molar-refractivity contribution < 1.29 is 4.79 Å². The Morgan fingerprint density at radius 2 is 1.23 bits per heavy atom. The number of hydrogen-bond donors (Lipinski definition) is 1. The van der Waals surface area contributed by atoms with Gasteiger partial charge in [0, 0.05) is 11.8 Å². The molecule has 4 aromatic carbocycles. The molecule has 3 atom stereocenters. The maximum absolute atomic E-state index is 13.4. The van der Waals surface area contributed by atoms with Crippen molar-refractivity contribution in [2.45, 2.75) is 24.8 Å². The summed E-state index contributed by atoms with van der Waals surface area (Å²) in [5, 5.41) is 5.71. The van der Waals surface area contributed by atoms with E-state index < -0.39 is 0 Å². The molecule has 30 heavy (non-hydrogen) atoms. The maximum atomic E-state index is 13.4. The molecule has 2 nitrogen and oxygen atoms in total. The smallest absolute Gasteiger partial charge is 0.224 e. The third-order valence-electron chi connectivity index (χ3n) is 6.34. The molecule has 5 rings (SSSR count). The Balaban J connectivity index is 1.41. The molecule has 1 aliphatic rings. The van der Waals surface area contributed by atoms with E-state index in [1.54, 1.807) is 0 Å². The Morgan fingerprint density at radius 3 is 1.87 bits per heavy atom. The lowest BCUT2D eigenvalue weighted by Gasteiger charge is -2.17. The van der Waals surface area contributed by atoms with Crippen molar-refractivity contribution >= 4 is 16.7 Å². The number of amides is 1. The summed E-state index contributed by atoms with van der Waals surface area (Å²) < 4.78 is 0. The third-order valence-corrected chi connectivity index (χ3v) is 6.34. The molecule has 0 unspecified atom stereocenters. The van der Waals surface area contributed by atoms with E-state index in [0.29, 0.717) is 0 Å². The standard InChI is InChI=1S/C28H25NO/c1-19(23-18-10-16-20-11-8-9-17-24(20)23)29-28(30)27-25(21-12-4-2-5-13-21)26(27)22-14-6-3-7-15-22/h2-19,25-27H,1H3,(H,29,30)/t19-,25+,26+/m0/s1. The number of rotatable bonds is 5. The molecule has 0 bridgehead atoms. The average molecular weight is 392 g/mol. The maximum Gasteiger partial charge on any atom is 0.224 e. The first-order chi connectivity index (χ1) is 14.7. The number of carbonyl (C=O) groups is 1. The van der Waals surface area contributed by atoms with Gasteiger partial charge in [-0.25, -0.2) is 0 Å². The van der Waals surface area contributed by atoms with E-state index in [0.717, 1.165) is 5.56 Å². The zero-order valence-corrected chi connectivity index (χ0v) is 17.0. The van der Waals surface area contributed by atoms with Crippen LogP contribution in [0.4, 0.5) is 0 Å². The predicted molar refractivity (Wildman–Crippen MR) is 122 cm³/mol. The zero-order chi connectivity index (χ0) is 20.5. The van der Waals surface area contributed by atoms with Crippen LogP contribution in [0.15, 0.2) is 103 Å². The van der Waals surface area contributed by atoms with Crippen molar-refractivity contribution in [1.29, 1.82) is 0 Å². The number of fused-ring (bicyclic) bond motifs is 1. The highest BCUT2D eigenvalue weighted by molar-refractivity contribution is 5.88. The van der Waals surface area contributed by atoms with Crippen molar-refractivity contribution in [3.63, 3.8) is 0 Å². The van der Waals surface area contributed by atoms with Crippen LogP contribution in [0.25, 0.3) is 10.8 Å². The molecule has 1 N–H and O–H groups in total. The van der Waals surface area contributed by atoms with E-state index in [1.165, 1.54) is 21.9 Å². The van der Waals surface area contributed by atoms with Gasteiger partial charge in [0.2, 0.25) is 5.91 Å². The van der Waals surface area contributed by atoms with Crippen LogP contribution in [0.2, 0.25) is 0 Å². The molecule has 1 amide bonds. The number of benzene rings is 4. The monoisotopic (exact) mass is 391 g/mol. The summed E-state index contributed by atoms with van der Waals surface area (Å²) >= 11 is 0. The molecule has 2 heteroatoms. The van der Waals surface area contributed by atoms with E-state index >= 15 is 0 Å². The first kappa shape index (κ1) is 18.6. The second-order valence-corrected chi connectivity index (χ2v) is 8.20. The van der Waals surface area contributed by atoms with Crippen molar-refractivity contribution in [2.24, 2.45) is 5.92 Å². The first-order valence-electron chi connectivity index (χ1n) is 10.6. The van der Waals surface area contributed by atoms with Gasteiger partial charge in [-0.15, -0.1) is 0 Å². The van der Waals surface area contributed by atoms with Crippen molar-refractivity contribution in [1.82, 2.24) is 5.32 Å². The van der Waals surface area contributed by atoms with E-state index in [9.17, 15) is 4.79 Å². The highest BCUT2D eigenvalue weighted by Crippen LogP contribution is 2.60. The van der Waals surface area contributed by atoms with Gasteiger partial charge in [0.1, 0.15) is 0 Å². The van der Waals surface area contributed by atoms with Gasteiger partial charge < -0.3 is 5.32 Å². The van der Waals surface area contributed by atoms with Gasteiger partial charge in [0.25, 0.3) is 0 Å². The molecule has 148 valence electrons. The summed E-state index contributed by atoms with van der Waals surface area (Å²) in [6, 6.07) is 35.5. The van der Waals surface area contributed by atoms with Gasteiger partial charge in [-0.2, -0.15) is 0 Å². The topological polar surface area (TPSA) is 29.1 Å². The van der Waals surface area contributed by atoms with Crippen LogP contribution in [0.5, 0.6) is 0 Å². The molecule has 4 aromatic rings. The fourth-order valence-corrected chi connectivity index (χ4v) is 4.83. The minimum absolute atomic E-state index is 0.0350. The van der Waals surface area contributed by atoms with Crippen molar-refractivity contribution in [3.8, 4) is 0 Å². The van der Waals surface area contributed by atoms with Gasteiger partial charge >= 0.3 is 0 Å². The molecule has 1 aliphatic carbocycles. The quantitative estimate of drug-likeness (QED) is 0.430. The van der Waals surface area contributed by atoms with E-state index in [1.807, 2.05) is 12.1 Å². The second-order valence-electron chi connectivity index (χ2n) is 8.20. The minimum Gasteiger partial charge on any atom is -0.349 e. The highest BCUT2D eigenvalue weighted by Gasteiger charge is 2.56. The minimum atomic E-state index is -0.0444. The van der Waals surface area contributed by atoms with Gasteiger partial charge in [0.15, 0.2) is 0 Å². The Labute approximate surface area is 177 Å². The second kappa shape index (κ2) is 7.79. The normalized spacial score (nSPS) is 21.2. The Kier molecular flexibility index (Phi) is 4.84.